The molecular weight excluding hydrogens is 218 g/mol. The van der Waals surface area contributed by atoms with Crippen LogP contribution in [0, 0.1) is 0 Å². The van der Waals surface area contributed by atoms with Crippen LogP contribution in [0.2, 0.25) is 0 Å². The Hall–Kier alpha value is -1.58. The molecule has 4 heteroatoms. The second kappa shape index (κ2) is 7.65. The van der Waals surface area contributed by atoms with E-state index in [1.165, 1.54) is 7.11 Å². The van der Waals surface area contributed by atoms with E-state index in [4.69, 9.17) is 0 Å². The van der Waals surface area contributed by atoms with Crippen molar-refractivity contribution in [2.75, 3.05) is 7.11 Å². The molecule has 0 saturated heterocycles. The Labute approximate surface area is 103 Å². The Kier molecular flexibility index (Phi) is 6.94. The highest BCUT2D eigenvalue weighted by Crippen LogP contribution is 2.13. The van der Waals surface area contributed by atoms with Crippen molar-refractivity contribution in [1.29, 1.82) is 0 Å². The average molecular weight is 239 g/mol. The quantitative estimate of drug-likeness (QED) is 0.455. The van der Waals surface area contributed by atoms with Gasteiger partial charge >= 0.3 is 5.97 Å². The first-order valence-corrected chi connectivity index (χ1v) is 5.70. The van der Waals surface area contributed by atoms with E-state index in [1.54, 1.807) is 6.92 Å². The molecule has 0 aliphatic carbocycles. The van der Waals surface area contributed by atoms with Crippen molar-refractivity contribution in [1.82, 2.24) is 5.32 Å². The number of carbonyl (C=O) groups excluding carboxylic acids is 2. The number of amides is 1. The highest BCUT2D eigenvalue weighted by Gasteiger charge is 2.14. The van der Waals surface area contributed by atoms with Gasteiger partial charge in [-0.15, -0.1) is 0 Å². The Balaban J connectivity index is 5.15. The maximum absolute atomic E-state index is 11.6. The summed E-state index contributed by atoms with van der Waals surface area (Å²) in [6.45, 7) is 7.26. The van der Waals surface area contributed by atoms with E-state index in [1.807, 2.05) is 26.8 Å². The van der Waals surface area contributed by atoms with Gasteiger partial charge in [0.1, 0.15) is 0 Å². The summed E-state index contributed by atoms with van der Waals surface area (Å²) in [7, 11) is 1.32. The maximum atomic E-state index is 11.6. The molecule has 1 N–H and O–H groups in total. The van der Waals surface area contributed by atoms with Crippen LogP contribution in [0.25, 0.3) is 0 Å². The number of esters is 1. The van der Waals surface area contributed by atoms with Gasteiger partial charge in [-0.2, -0.15) is 0 Å². The van der Waals surface area contributed by atoms with Crippen LogP contribution in [0.4, 0.5) is 0 Å². The Bertz CT molecular complexity index is 354. The minimum Gasteiger partial charge on any atom is -0.466 e. The molecule has 0 aliphatic rings. The van der Waals surface area contributed by atoms with E-state index in [-0.39, 0.29) is 5.91 Å². The summed E-state index contributed by atoms with van der Waals surface area (Å²) in [5.74, 6) is -0.523. The zero-order valence-corrected chi connectivity index (χ0v) is 11.2. The third-order valence-electron chi connectivity index (χ3n) is 2.44. The number of hydrogen-bond donors (Lipinski definition) is 1. The summed E-state index contributed by atoms with van der Waals surface area (Å²) in [5.41, 5.74) is 1.79. The van der Waals surface area contributed by atoms with E-state index >= 15 is 0 Å². The van der Waals surface area contributed by atoms with Crippen LogP contribution in [-0.2, 0) is 14.3 Å². The molecule has 0 rings (SSSR count). The molecule has 17 heavy (non-hydrogen) atoms. The minimum atomic E-state index is -0.432. The van der Waals surface area contributed by atoms with Crippen molar-refractivity contribution in [3.05, 3.63) is 22.9 Å². The van der Waals surface area contributed by atoms with Gasteiger partial charge in [-0.05, 0) is 32.8 Å². The van der Waals surface area contributed by atoms with Gasteiger partial charge in [0.15, 0.2) is 0 Å². The number of rotatable bonds is 5. The zero-order chi connectivity index (χ0) is 13.4. The predicted octanol–water partition coefficient (Wildman–Crippen LogP) is 2.32. The lowest BCUT2D eigenvalue weighted by molar-refractivity contribution is -0.136. The van der Waals surface area contributed by atoms with Crippen LogP contribution < -0.4 is 5.32 Å². The van der Waals surface area contributed by atoms with Crippen molar-refractivity contribution in [3.8, 4) is 0 Å². The molecule has 0 spiro atoms. The van der Waals surface area contributed by atoms with Gasteiger partial charge in [0.25, 0.3) is 0 Å². The molecule has 0 saturated carbocycles. The van der Waals surface area contributed by atoms with Crippen molar-refractivity contribution >= 4 is 11.9 Å². The molecule has 0 heterocycles. The molecule has 0 fully saturated rings. The number of allylic oxidation sites excluding steroid dienone is 2. The number of carbonyl (C=O) groups is 2. The number of ether oxygens (including phenoxy) is 1. The van der Waals surface area contributed by atoms with E-state index in [9.17, 15) is 9.59 Å². The minimum absolute atomic E-state index is 0.0908. The van der Waals surface area contributed by atoms with E-state index in [2.05, 4.69) is 10.1 Å². The number of nitrogens with one attached hydrogen (secondary N) is 1. The molecule has 0 aromatic heterocycles. The Morgan fingerprint density at radius 3 is 2.29 bits per heavy atom. The maximum Gasteiger partial charge on any atom is 0.335 e. The molecule has 0 atom stereocenters. The van der Waals surface area contributed by atoms with Gasteiger partial charge in [-0.1, -0.05) is 13.0 Å². The van der Waals surface area contributed by atoms with Gasteiger partial charge in [-0.25, -0.2) is 4.79 Å². The molecule has 1 amide bonds. The van der Waals surface area contributed by atoms with Crippen LogP contribution in [-0.4, -0.2) is 19.0 Å². The van der Waals surface area contributed by atoms with E-state index in [0.29, 0.717) is 17.7 Å². The predicted molar refractivity (Wildman–Crippen MR) is 67.2 cm³/mol. The first-order chi connectivity index (χ1) is 7.97. The molecule has 0 unspecified atom stereocenters. The fraction of sp³-hybridized carbons (Fsp3) is 0.538. The number of methoxy groups -OCH3 is 1. The van der Waals surface area contributed by atoms with Gasteiger partial charge in [-0.3, -0.25) is 4.79 Å². The van der Waals surface area contributed by atoms with Crippen molar-refractivity contribution < 1.29 is 14.3 Å². The summed E-state index contributed by atoms with van der Waals surface area (Å²) in [6, 6.07) is 0. The highest BCUT2D eigenvalue weighted by molar-refractivity contribution is 5.91. The van der Waals surface area contributed by atoms with E-state index in [0.717, 1.165) is 12.0 Å². The SMILES string of the molecule is C/C=C(C)\C(NC(=O)CCC)=C(/C)C(=O)OC. The van der Waals surface area contributed by atoms with E-state index < -0.39 is 5.97 Å². The number of hydrogen-bond acceptors (Lipinski definition) is 3. The Morgan fingerprint density at radius 2 is 1.88 bits per heavy atom. The lowest BCUT2D eigenvalue weighted by atomic mass is 10.1. The summed E-state index contributed by atoms with van der Waals surface area (Å²) < 4.78 is 4.65. The lowest BCUT2D eigenvalue weighted by Gasteiger charge is -2.13. The van der Waals surface area contributed by atoms with Crippen molar-refractivity contribution in [2.24, 2.45) is 0 Å². The fourth-order valence-corrected chi connectivity index (χ4v) is 1.32. The average Bonchev–Trinajstić information content (AvgIpc) is 2.33. The smallest absolute Gasteiger partial charge is 0.335 e. The standard InChI is InChI=1S/C13H21NO3/c1-6-8-11(15)14-12(9(3)7-2)10(4)13(16)17-5/h7H,6,8H2,1-5H3,(H,14,15)/b9-7-,12-10-. The third kappa shape index (κ3) is 4.85. The van der Waals surface area contributed by atoms with Crippen LogP contribution in [0.3, 0.4) is 0 Å². The zero-order valence-electron chi connectivity index (χ0n) is 11.2. The highest BCUT2D eigenvalue weighted by atomic mass is 16.5. The van der Waals surface area contributed by atoms with Crippen LogP contribution in [0.5, 0.6) is 0 Å². The summed E-state index contributed by atoms with van der Waals surface area (Å²) in [5, 5.41) is 2.76. The van der Waals surface area contributed by atoms with Crippen molar-refractivity contribution in [3.63, 3.8) is 0 Å². The normalized spacial score (nSPS) is 12.9. The summed E-state index contributed by atoms with van der Waals surface area (Å²) >= 11 is 0. The molecule has 0 aromatic carbocycles. The topological polar surface area (TPSA) is 55.4 Å². The van der Waals surface area contributed by atoms with Gasteiger partial charge < -0.3 is 10.1 Å². The van der Waals surface area contributed by atoms with Gasteiger partial charge in [0, 0.05) is 6.42 Å². The lowest BCUT2D eigenvalue weighted by Crippen LogP contribution is -2.25. The second-order valence-electron chi connectivity index (χ2n) is 3.76. The fourth-order valence-electron chi connectivity index (χ4n) is 1.32. The molecule has 0 aliphatic heterocycles. The molecule has 0 bridgehead atoms. The van der Waals surface area contributed by atoms with Gasteiger partial charge in [0.05, 0.1) is 18.4 Å². The Morgan fingerprint density at radius 1 is 1.29 bits per heavy atom. The molecule has 96 valence electrons. The molecule has 4 nitrogen and oxygen atoms in total. The first-order valence-electron chi connectivity index (χ1n) is 5.70. The third-order valence-corrected chi connectivity index (χ3v) is 2.44. The monoisotopic (exact) mass is 239 g/mol. The van der Waals surface area contributed by atoms with Gasteiger partial charge in [0.2, 0.25) is 5.91 Å². The molecule has 0 aromatic rings. The van der Waals surface area contributed by atoms with Crippen LogP contribution in [0.1, 0.15) is 40.5 Å². The summed E-state index contributed by atoms with van der Waals surface area (Å²) in [6.07, 6.45) is 3.05. The van der Waals surface area contributed by atoms with Crippen LogP contribution >= 0.6 is 0 Å². The van der Waals surface area contributed by atoms with Crippen molar-refractivity contribution in [2.45, 2.75) is 40.5 Å². The largest absolute Gasteiger partial charge is 0.466 e. The van der Waals surface area contributed by atoms with Crippen LogP contribution in [0.15, 0.2) is 22.9 Å². The molecular formula is C13H21NO3. The summed E-state index contributed by atoms with van der Waals surface area (Å²) in [4.78, 5) is 23.0. The second-order valence-corrected chi connectivity index (χ2v) is 3.76. The first kappa shape index (κ1) is 15.4. The molecule has 0 radical (unpaired) electrons.